The number of carbonyl (C=O) groups is 1. The van der Waals surface area contributed by atoms with Crippen molar-refractivity contribution in [1.29, 1.82) is 0 Å². The predicted octanol–water partition coefficient (Wildman–Crippen LogP) is 0.984. The van der Waals surface area contributed by atoms with E-state index >= 15 is 0 Å². The van der Waals surface area contributed by atoms with Crippen LogP contribution in [0.2, 0.25) is 0 Å². The lowest BCUT2D eigenvalue weighted by Crippen LogP contribution is -2.31. The smallest absolute Gasteiger partial charge is 0.464 e. The van der Waals surface area contributed by atoms with Gasteiger partial charge in [0, 0.05) is 6.20 Å². The highest BCUT2D eigenvalue weighted by molar-refractivity contribution is 7.24. The van der Waals surface area contributed by atoms with Crippen LogP contribution in [0.1, 0.15) is 9.80 Å². The molecule has 0 spiro atoms. The first-order chi connectivity index (χ1) is 5.95. The fraction of sp³-hybridized carbons (Fsp3) is 0.200. The third kappa shape index (κ3) is 2.21. The highest BCUT2D eigenvalue weighted by Gasteiger charge is 2.29. The van der Waals surface area contributed by atoms with E-state index in [1.807, 2.05) is 0 Å². The van der Waals surface area contributed by atoms with Crippen molar-refractivity contribution in [2.45, 2.75) is 0 Å². The molecule has 0 unspecified atom stereocenters. The molecule has 0 aromatic carbocycles. The molecule has 0 N–H and O–H groups in total. The monoisotopic (exact) mass is 210 g/mol. The molecule has 0 aliphatic heterocycles. The average molecular weight is 210 g/mol. The van der Waals surface area contributed by atoms with E-state index in [4.69, 9.17) is 0 Å². The van der Waals surface area contributed by atoms with Gasteiger partial charge in [0.2, 0.25) is 0 Å². The van der Waals surface area contributed by atoms with Crippen LogP contribution in [-0.2, 0) is 4.74 Å². The summed E-state index contributed by atoms with van der Waals surface area (Å²) in [5.74, 6) is -0.851. The summed E-state index contributed by atoms with van der Waals surface area (Å²) in [6.45, 7) is -5.07. The maximum absolute atomic E-state index is 12.0. The lowest BCUT2D eigenvalue weighted by atomic mass is 9.91. The topological polar surface area (TPSA) is 39.2 Å². The fourth-order valence-corrected chi connectivity index (χ4v) is 1.35. The zero-order chi connectivity index (χ0) is 10.1. The summed E-state index contributed by atoms with van der Waals surface area (Å²) < 4.78 is 39.5. The Kier molecular flexibility index (Phi) is 2.60. The van der Waals surface area contributed by atoms with Gasteiger partial charge in [0.1, 0.15) is 0 Å². The maximum atomic E-state index is 12.0. The summed E-state index contributed by atoms with van der Waals surface area (Å²) in [6, 6.07) is 0. The van der Waals surface area contributed by atoms with E-state index < -0.39 is 17.7 Å². The van der Waals surface area contributed by atoms with E-state index in [0.29, 0.717) is 6.20 Å². The van der Waals surface area contributed by atoms with Crippen molar-refractivity contribution in [3.63, 3.8) is 0 Å². The third-order valence-corrected chi connectivity index (χ3v) is 2.28. The SMILES string of the molecule is COC(=O)c1ncc([B-](F)(F)F)s1. The van der Waals surface area contributed by atoms with Gasteiger partial charge in [-0.15, -0.1) is 11.3 Å². The van der Waals surface area contributed by atoms with Crippen LogP contribution in [-0.4, -0.2) is 25.0 Å². The Morgan fingerprint density at radius 3 is 2.62 bits per heavy atom. The molecule has 0 saturated carbocycles. The lowest BCUT2D eigenvalue weighted by Gasteiger charge is -2.08. The molecular formula is C5H4BF3NO2S-. The van der Waals surface area contributed by atoms with Gasteiger partial charge in [-0.2, -0.15) is 0 Å². The molecule has 1 aromatic rings. The molecule has 0 amide bonds. The minimum atomic E-state index is -5.07. The molecule has 0 fully saturated rings. The molecule has 0 saturated heterocycles. The van der Waals surface area contributed by atoms with Gasteiger partial charge in [-0.1, -0.05) is 0 Å². The van der Waals surface area contributed by atoms with Crippen molar-refractivity contribution in [3.05, 3.63) is 11.2 Å². The first kappa shape index (κ1) is 10.0. The zero-order valence-electron chi connectivity index (χ0n) is 6.46. The highest BCUT2D eigenvalue weighted by Crippen LogP contribution is 2.14. The first-order valence-corrected chi connectivity index (χ1v) is 4.01. The van der Waals surface area contributed by atoms with Gasteiger partial charge in [-0.05, 0) is 4.78 Å². The van der Waals surface area contributed by atoms with Gasteiger partial charge < -0.3 is 17.7 Å². The predicted molar refractivity (Wildman–Crippen MR) is 42.2 cm³/mol. The molecule has 8 heteroatoms. The van der Waals surface area contributed by atoms with Crippen LogP contribution in [0.25, 0.3) is 0 Å². The second-order valence-corrected chi connectivity index (χ2v) is 3.20. The largest absolute Gasteiger partial charge is 0.521 e. The van der Waals surface area contributed by atoms with E-state index in [1.54, 1.807) is 0 Å². The summed E-state index contributed by atoms with van der Waals surface area (Å²) >= 11 is 0.290. The highest BCUT2D eigenvalue weighted by atomic mass is 32.1. The van der Waals surface area contributed by atoms with Gasteiger partial charge >= 0.3 is 12.9 Å². The zero-order valence-corrected chi connectivity index (χ0v) is 7.28. The minimum Gasteiger partial charge on any atom is -0.464 e. The number of nitrogens with zero attached hydrogens (tertiary/aromatic N) is 1. The molecular weight excluding hydrogens is 206 g/mol. The Morgan fingerprint density at radius 1 is 1.62 bits per heavy atom. The Bertz CT molecular complexity index is 324. The van der Waals surface area contributed by atoms with E-state index in [0.717, 1.165) is 7.11 Å². The molecule has 0 aliphatic carbocycles. The van der Waals surface area contributed by atoms with Gasteiger partial charge in [-0.25, -0.2) is 9.78 Å². The summed E-state index contributed by atoms with van der Waals surface area (Å²) in [5, 5.41) is -0.281. The van der Waals surface area contributed by atoms with Gasteiger partial charge in [0.05, 0.1) is 7.11 Å². The Balaban J connectivity index is 2.93. The van der Waals surface area contributed by atoms with Crippen LogP contribution in [0.15, 0.2) is 6.20 Å². The van der Waals surface area contributed by atoms with Gasteiger partial charge in [-0.3, -0.25) is 0 Å². The van der Waals surface area contributed by atoms with Crippen LogP contribution < -0.4 is 4.78 Å². The van der Waals surface area contributed by atoms with Crippen molar-refractivity contribution in [1.82, 2.24) is 4.98 Å². The number of aromatic nitrogens is 1. The number of rotatable bonds is 2. The molecule has 0 atom stereocenters. The number of thiazole rings is 1. The molecule has 3 nitrogen and oxygen atoms in total. The lowest BCUT2D eigenvalue weighted by molar-refractivity contribution is 0.0600. The first-order valence-electron chi connectivity index (χ1n) is 3.19. The van der Waals surface area contributed by atoms with Crippen LogP contribution in [0, 0.1) is 0 Å². The maximum Gasteiger partial charge on any atom is 0.521 e. The average Bonchev–Trinajstić information content (AvgIpc) is 2.50. The van der Waals surface area contributed by atoms with Crippen LogP contribution in [0.5, 0.6) is 0 Å². The molecule has 1 heterocycles. The molecule has 1 rings (SSSR count). The number of methoxy groups -OCH3 is 1. The summed E-state index contributed by atoms with van der Waals surface area (Å²) in [6.07, 6.45) is 0.636. The van der Waals surface area contributed by atoms with Gasteiger partial charge in [0.25, 0.3) is 0 Å². The Labute approximate surface area is 75.6 Å². The summed E-state index contributed by atoms with van der Waals surface area (Å²) in [4.78, 5) is 14.0. The minimum absolute atomic E-state index is 0.281. The molecule has 0 bridgehead atoms. The molecule has 0 radical (unpaired) electrons. The Morgan fingerprint density at radius 2 is 2.23 bits per heavy atom. The quantitative estimate of drug-likeness (QED) is 0.539. The Hall–Kier alpha value is -1.05. The van der Waals surface area contributed by atoms with Crippen molar-refractivity contribution < 1.29 is 22.5 Å². The number of esters is 1. The third-order valence-electron chi connectivity index (χ3n) is 1.21. The number of hydrogen-bond donors (Lipinski definition) is 0. The number of ether oxygens (including phenoxy) is 1. The molecule has 72 valence electrons. The van der Waals surface area contributed by atoms with Crippen molar-refractivity contribution in [2.24, 2.45) is 0 Å². The number of halogens is 3. The fourth-order valence-electron chi connectivity index (χ4n) is 0.620. The van der Waals surface area contributed by atoms with Gasteiger partial charge in [0.15, 0.2) is 5.01 Å². The van der Waals surface area contributed by atoms with Crippen molar-refractivity contribution >= 4 is 29.1 Å². The van der Waals surface area contributed by atoms with E-state index in [9.17, 15) is 17.7 Å². The summed E-state index contributed by atoms with van der Waals surface area (Å²) in [7, 11) is 1.09. The van der Waals surface area contributed by atoms with E-state index in [-0.39, 0.29) is 16.3 Å². The van der Waals surface area contributed by atoms with Crippen molar-refractivity contribution in [3.8, 4) is 0 Å². The van der Waals surface area contributed by atoms with E-state index in [2.05, 4.69) is 9.72 Å². The second kappa shape index (κ2) is 3.37. The molecule has 13 heavy (non-hydrogen) atoms. The normalized spacial score (nSPS) is 11.4. The number of hydrogen-bond acceptors (Lipinski definition) is 4. The number of carbonyl (C=O) groups excluding carboxylic acids is 1. The molecule has 1 aromatic heterocycles. The second-order valence-electron chi connectivity index (χ2n) is 2.13. The van der Waals surface area contributed by atoms with Crippen LogP contribution in [0.3, 0.4) is 0 Å². The van der Waals surface area contributed by atoms with Crippen molar-refractivity contribution in [2.75, 3.05) is 7.11 Å². The summed E-state index contributed by atoms with van der Waals surface area (Å²) in [5.41, 5.74) is 0. The van der Waals surface area contributed by atoms with Crippen LogP contribution >= 0.6 is 11.3 Å². The molecule has 0 aliphatic rings. The van der Waals surface area contributed by atoms with E-state index in [1.165, 1.54) is 0 Å². The standard InChI is InChI=1S/C5H4BF3NO2S/c1-12-5(11)4-10-2-3(13-4)6(7,8)9/h2H,1H3/q-1. The van der Waals surface area contributed by atoms with Crippen LogP contribution in [0.4, 0.5) is 12.9 Å².